The van der Waals surface area contributed by atoms with Gasteiger partial charge >= 0.3 is 0 Å². The molecule has 0 aromatic heterocycles. The van der Waals surface area contributed by atoms with Gasteiger partial charge in [-0.15, -0.1) is 23.2 Å². The van der Waals surface area contributed by atoms with E-state index in [0.717, 1.165) is 0 Å². The molecule has 0 spiro atoms. The highest BCUT2D eigenvalue weighted by Crippen LogP contribution is 2.43. The molecule has 0 aromatic carbocycles. The average molecular weight is 342 g/mol. The van der Waals surface area contributed by atoms with Crippen molar-refractivity contribution in [2.24, 2.45) is 4.99 Å². The maximum atomic E-state index is 10.2. The lowest BCUT2D eigenvalue weighted by molar-refractivity contribution is -0.0940. The van der Waals surface area contributed by atoms with Crippen molar-refractivity contribution >= 4 is 41.2 Å². The van der Waals surface area contributed by atoms with E-state index in [0.29, 0.717) is 6.21 Å². The number of aliphatic hydroxyl groups excluding tert-OH is 2. The van der Waals surface area contributed by atoms with Crippen LogP contribution in [0.1, 0.15) is 6.92 Å². The zero-order valence-electron chi connectivity index (χ0n) is 11.1. The van der Waals surface area contributed by atoms with E-state index in [1.165, 1.54) is 6.92 Å². The van der Waals surface area contributed by atoms with Crippen molar-refractivity contribution in [3.05, 3.63) is 0 Å². The van der Waals surface area contributed by atoms with Crippen LogP contribution in [0.25, 0.3) is 0 Å². The van der Waals surface area contributed by atoms with Crippen LogP contribution in [0.2, 0.25) is 0 Å². The predicted molar refractivity (Wildman–Crippen MR) is 77.7 cm³/mol. The molecular weight excluding hydrogens is 325 g/mol. The molecule has 1 rings (SSSR count). The normalized spacial score (nSPS) is 36.4. The Morgan fingerprint density at radius 1 is 1.57 bits per heavy atom. The van der Waals surface area contributed by atoms with Crippen LogP contribution in [-0.4, -0.2) is 68.7 Å². The number of aliphatic imine (C=N–C) groups is 1. The van der Waals surface area contributed by atoms with E-state index in [-0.39, 0.29) is 17.7 Å². The van der Waals surface area contributed by atoms with Crippen molar-refractivity contribution in [2.45, 2.75) is 29.7 Å². The molecule has 0 amide bonds. The Kier molecular flexibility index (Phi) is 5.91. The molecule has 4 atom stereocenters. The number of amidine groups is 1. The molecule has 9 nitrogen and oxygen atoms in total. The largest absolute Gasteiger partial charge is 0.393 e. The first-order valence-electron chi connectivity index (χ1n) is 5.83. The monoisotopic (exact) mass is 341 g/mol. The highest BCUT2D eigenvalue weighted by atomic mass is 35.5. The van der Waals surface area contributed by atoms with Crippen molar-refractivity contribution in [3.63, 3.8) is 0 Å². The van der Waals surface area contributed by atoms with Crippen molar-refractivity contribution < 1.29 is 20.2 Å². The van der Waals surface area contributed by atoms with Gasteiger partial charge in [0.2, 0.25) is 5.96 Å². The van der Waals surface area contributed by atoms with Gasteiger partial charge in [0.05, 0.1) is 18.7 Å². The van der Waals surface area contributed by atoms with Gasteiger partial charge in [0.15, 0.2) is 6.23 Å². The fourth-order valence-electron chi connectivity index (χ4n) is 1.84. The number of hydrogen-bond acceptors (Lipinski definition) is 7. The second kappa shape index (κ2) is 6.86. The van der Waals surface area contributed by atoms with Gasteiger partial charge < -0.3 is 25.7 Å². The van der Waals surface area contributed by atoms with Crippen LogP contribution >= 0.6 is 23.2 Å². The number of ether oxygens (including phenoxy) is 1. The fraction of sp³-hybridized carbons (Fsp3) is 0.700. The van der Waals surface area contributed by atoms with Crippen molar-refractivity contribution in [1.29, 1.82) is 10.8 Å². The zero-order chi connectivity index (χ0) is 16.3. The zero-order valence-corrected chi connectivity index (χ0v) is 12.6. The van der Waals surface area contributed by atoms with Crippen LogP contribution in [0.15, 0.2) is 4.99 Å². The summed E-state index contributed by atoms with van der Waals surface area (Å²) < 4.78 is 5.45. The van der Waals surface area contributed by atoms with Gasteiger partial charge in [-0.3, -0.25) is 10.6 Å². The molecule has 0 radical (unpaired) electrons. The fourth-order valence-corrected chi connectivity index (χ4v) is 2.43. The van der Waals surface area contributed by atoms with Gasteiger partial charge in [-0.1, -0.05) is 0 Å². The molecule has 0 saturated carbocycles. The van der Waals surface area contributed by atoms with E-state index in [4.69, 9.17) is 44.0 Å². The van der Waals surface area contributed by atoms with Crippen molar-refractivity contribution in [2.75, 3.05) is 12.5 Å². The summed E-state index contributed by atoms with van der Waals surface area (Å²) in [6, 6.07) is 0. The van der Waals surface area contributed by atoms with Gasteiger partial charge in [0.1, 0.15) is 22.4 Å². The van der Waals surface area contributed by atoms with Crippen molar-refractivity contribution in [3.8, 4) is 0 Å². The number of nitrogens with one attached hydrogen (secondary N) is 4. The molecule has 0 unspecified atom stereocenters. The molecule has 1 aliphatic rings. The molecule has 120 valence electrons. The summed E-state index contributed by atoms with van der Waals surface area (Å²) in [5.41, 5.74) is 0.205. The Hall–Kier alpha value is -0.970. The summed E-state index contributed by atoms with van der Waals surface area (Å²) in [5, 5.41) is 45.0. The van der Waals surface area contributed by atoms with Gasteiger partial charge in [-0.2, -0.15) is 0 Å². The van der Waals surface area contributed by atoms with Crippen LogP contribution in [0.4, 0.5) is 0 Å². The van der Waals surface area contributed by atoms with E-state index >= 15 is 0 Å². The minimum Gasteiger partial charge on any atom is -0.393 e. The minimum atomic E-state index is -1.48. The first-order valence-corrected chi connectivity index (χ1v) is 6.74. The molecule has 0 bridgehead atoms. The molecule has 0 aromatic rings. The summed E-state index contributed by atoms with van der Waals surface area (Å²) in [5.74, 6) is -0.878. The smallest absolute Gasteiger partial charge is 0.223 e. The van der Waals surface area contributed by atoms with Crippen LogP contribution in [0.5, 0.6) is 0 Å². The SMILES string of the molecule is C[C@]1(Cl)[C@H](N=C(NO)NC(=N)C=N)O[C@@](CO)(CCl)[C@H]1O. The van der Waals surface area contributed by atoms with E-state index in [2.05, 4.69) is 10.3 Å². The molecule has 0 aliphatic carbocycles. The summed E-state index contributed by atoms with van der Waals surface area (Å²) in [6.07, 6.45) is -1.79. The molecule has 1 fully saturated rings. The molecule has 11 heteroatoms. The lowest BCUT2D eigenvalue weighted by Crippen LogP contribution is -2.50. The first kappa shape index (κ1) is 18.1. The number of aliphatic hydroxyl groups is 2. The second-order valence-corrected chi connectivity index (χ2v) is 5.73. The Balaban J connectivity index is 3.06. The van der Waals surface area contributed by atoms with Crippen LogP contribution in [0.3, 0.4) is 0 Å². The first-order chi connectivity index (χ1) is 9.77. The lowest BCUT2D eigenvalue weighted by Gasteiger charge is -2.29. The average Bonchev–Trinajstić information content (AvgIpc) is 2.67. The molecular formula is C10H17Cl2N5O4. The quantitative estimate of drug-likeness (QED) is 0.154. The second-order valence-electron chi connectivity index (χ2n) is 4.65. The number of halogens is 2. The van der Waals surface area contributed by atoms with E-state index in [1.807, 2.05) is 0 Å². The number of nitrogens with zero attached hydrogens (tertiary/aromatic N) is 1. The summed E-state index contributed by atoms with van der Waals surface area (Å²) >= 11 is 11.9. The van der Waals surface area contributed by atoms with Gasteiger partial charge in [-0.25, -0.2) is 10.5 Å². The lowest BCUT2D eigenvalue weighted by atomic mass is 9.92. The topological polar surface area (TPSA) is 154 Å². The molecule has 7 N–H and O–H groups in total. The summed E-state index contributed by atoms with van der Waals surface area (Å²) in [6.45, 7) is 0.867. The van der Waals surface area contributed by atoms with Crippen LogP contribution in [-0.2, 0) is 4.74 Å². The number of rotatable bonds is 4. The molecule has 21 heavy (non-hydrogen) atoms. The Morgan fingerprint density at radius 2 is 2.19 bits per heavy atom. The number of hydroxylamine groups is 1. The van der Waals surface area contributed by atoms with Gasteiger partial charge in [0, 0.05) is 0 Å². The molecule has 1 saturated heterocycles. The standard InChI is InChI=1S/C10H17Cl2N5O4/c1-9(12)6(19)10(3-11,4-18)21-7(9)16-8(17-20)15-5(14)2-13/h2,6-7,13,18-20H,3-4H2,1H3,(H3,14,15,16,17)/t6-,7+,9+,10+/m0/s1. The van der Waals surface area contributed by atoms with Gasteiger partial charge in [-0.05, 0) is 6.92 Å². The van der Waals surface area contributed by atoms with E-state index in [9.17, 15) is 10.2 Å². The Morgan fingerprint density at radius 3 is 2.57 bits per heavy atom. The third-order valence-electron chi connectivity index (χ3n) is 3.11. The molecule has 1 aliphatic heterocycles. The minimum absolute atomic E-state index is 0.218. The Bertz CT molecular complexity index is 441. The number of alkyl halides is 2. The van der Waals surface area contributed by atoms with Crippen molar-refractivity contribution in [1.82, 2.24) is 10.8 Å². The summed E-state index contributed by atoms with van der Waals surface area (Å²) in [4.78, 5) is 2.47. The predicted octanol–water partition coefficient (Wildman–Crippen LogP) is -0.778. The molecule has 1 heterocycles. The summed E-state index contributed by atoms with van der Waals surface area (Å²) in [7, 11) is 0. The third kappa shape index (κ3) is 3.44. The Labute approximate surface area is 130 Å². The third-order valence-corrected chi connectivity index (χ3v) is 3.95. The van der Waals surface area contributed by atoms with Gasteiger partial charge in [0.25, 0.3) is 0 Å². The van der Waals surface area contributed by atoms with Crippen LogP contribution < -0.4 is 10.8 Å². The maximum absolute atomic E-state index is 10.2. The van der Waals surface area contributed by atoms with E-state index < -0.39 is 29.4 Å². The maximum Gasteiger partial charge on any atom is 0.223 e. The number of guanidine groups is 1. The number of hydrogen-bond donors (Lipinski definition) is 7. The highest BCUT2D eigenvalue weighted by Gasteiger charge is 2.60. The van der Waals surface area contributed by atoms with Crippen LogP contribution in [0, 0.1) is 10.8 Å². The highest BCUT2D eigenvalue weighted by molar-refractivity contribution is 6.30. The van der Waals surface area contributed by atoms with E-state index in [1.54, 1.807) is 5.48 Å².